The average molecular weight is 477 g/mol. The molecule has 186 valence electrons. The van der Waals surface area contributed by atoms with Crippen molar-refractivity contribution in [1.82, 2.24) is 0 Å². The molecule has 1 N–H and O–H groups in total. The maximum absolute atomic E-state index is 12.6. The standard InChI is InChI=1S/C29H45ClO3/c1-20(14-10-17-28(6,7)33)12-9-13-21(2)15-11-18-29(8,30)19-16-25-24(5)26(31)22(3)23(4)27(25)32/h12,15,33H,9-11,13-14,16-19H2,1-8H3. The third-order valence-corrected chi connectivity index (χ3v) is 7.13. The van der Waals surface area contributed by atoms with Gasteiger partial charge in [-0.1, -0.05) is 23.3 Å². The smallest absolute Gasteiger partial charge is 0.185 e. The molecule has 0 spiro atoms. The number of rotatable bonds is 13. The number of alkyl halides is 1. The predicted molar refractivity (Wildman–Crippen MR) is 141 cm³/mol. The quantitative estimate of drug-likeness (QED) is 0.166. The fourth-order valence-corrected chi connectivity index (χ4v) is 4.34. The van der Waals surface area contributed by atoms with Crippen LogP contribution in [0.1, 0.15) is 113 Å². The predicted octanol–water partition coefficient (Wildman–Crippen LogP) is 7.96. The molecule has 0 saturated carbocycles. The van der Waals surface area contributed by atoms with Crippen LogP contribution in [-0.4, -0.2) is 27.1 Å². The highest BCUT2D eigenvalue weighted by Gasteiger charge is 2.29. The van der Waals surface area contributed by atoms with Crippen molar-refractivity contribution in [3.8, 4) is 0 Å². The zero-order chi connectivity index (χ0) is 25.4. The molecule has 0 aromatic heterocycles. The van der Waals surface area contributed by atoms with E-state index in [2.05, 4.69) is 26.0 Å². The Kier molecular flexibility index (Phi) is 11.5. The summed E-state index contributed by atoms with van der Waals surface area (Å²) in [5, 5.41) is 9.80. The van der Waals surface area contributed by atoms with E-state index in [1.54, 1.807) is 20.8 Å². The van der Waals surface area contributed by atoms with E-state index in [0.29, 0.717) is 35.1 Å². The van der Waals surface area contributed by atoms with E-state index >= 15 is 0 Å². The van der Waals surface area contributed by atoms with Gasteiger partial charge in [0.2, 0.25) is 0 Å². The van der Waals surface area contributed by atoms with Gasteiger partial charge < -0.3 is 5.11 Å². The lowest BCUT2D eigenvalue weighted by atomic mass is 9.82. The minimum Gasteiger partial charge on any atom is -0.390 e. The molecule has 0 aliphatic heterocycles. The Morgan fingerprint density at radius 1 is 0.818 bits per heavy atom. The molecule has 33 heavy (non-hydrogen) atoms. The van der Waals surface area contributed by atoms with Crippen LogP contribution in [0, 0.1) is 0 Å². The van der Waals surface area contributed by atoms with Crippen LogP contribution >= 0.6 is 11.6 Å². The van der Waals surface area contributed by atoms with Gasteiger partial charge in [0, 0.05) is 27.2 Å². The minimum atomic E-state index is -0.579. The lowest BCUT2D eigenvalue weighted by molar-refractivity contribution is -0.116. The Bertz CT molecular complexity index is 845. The number of ketones is 2. The highest BCUT2D eigenvalue weighted by Crippen LogP contribution is 2.33. The van der Waals surface area contributed by atoms with Crippen molar-refractivity contribution in [3.63, 3.8) is 0 Å². The van der Waals surface area contributed by atoms with Crippen molar-refractivity contribution in [1.29, 1.82) is 0 Å². The SMILES string of the molecule is CC(=CCCC(C)(Cl)CCC1=C(C)C(=O)C(C)=C(C)C1=O)CCC=C(C)CCCC(C)(C)O. The lowest BCUT2D eigenvalue weighted by Crippen LogP contribution is -2.23. The topological polar surface area (TPSA) is 54.4 Å². The molecule has 1 atom stereocenters. The molecule has 0 aromatic rings. The van der Waals surface area contributed by atoms with E-state index in [9.17, 15) is 14.7 Å². The second-order valence-electron chi connectivity index (χ2n) is 10.8. The van der Waals surface area contributed by atoms with Gasteiger partial charge in [0.05, 0.1) is 5.60 Å². The molecule has 1 aliphatic rings. The molecule has 0 amide bonds. The molecule has 0 radical (unpaired) electrons. The van der Waals surface area contributed by atoms with Crippen LogP contribution in [0.5, 0.6) is 0 Å². The summed E-state index contributed by atoms with van der Waals surface area (Å²) in [6.45, 7) is 15.3. The second-order valence-corrected chi connectivity index (χ2v) is 11.7. The first-order valence-corrected chi connectivity index (χ1v) is 12.7. The zero-order valence-corrected chi connectivity index (χ0v) is 22.9. The largest absolute Gasteiger partial charge is 0.390 e. The van der Waals surface area contributed by atoms with Crippen molar-refractivity contribution < 1.29 is 14.7 Å². The number of hydrogen-bond acceptors (Lipinski definition) is 3. The van der Waals surface area contributed by atoms with Crippen LogP contribution in [-0.2, 0) is 9.59 Å². The van der Waals surface area contributed by atoms with Crippen LogP contribution in [0.2, 0.25) is 0 Å². The monoisotopic (exact) mass is 476 g/mol. The Morgan fingerprint density at radius 2 is 1.36 bits per heavy atom. The maximum Gasteiger partial charge on any atom is 0.185 e. The van der Waals surface area contributed by atoms with E-state index in [4.69, 9.17) is 11.6 Å². The van der Waals surface area contributed by atoms with Gasteiger partial charge >= 0.3 is 0 Å². The molecule has 0 bridgehead atoms. The Labute approximate surface area is 207 Å². The van der Waals surface area contributed by atoms with E-state index in [-0.39, 0.29) is 11.6 Å². The number of carbonyl (C=O) groups excluding carboxylic acids is 2. The van der Waals surface area contributed by atoms with Gasteiger partial charge in [-0.3, -0.25) is 9.59 Å². The third-order valence-electron chi connectivity index (χ3n) is 6.76. The van der Waals surface area contributed by atoms with Gasteiger partial charge in [-0.15, -0.1) is 11.6 Å². The van der Waals surface area contributed by atoms with Crippen molar-refractivity contribution in [2.45, 2.75) is 124 Å². The molecule has 3 nitrogen and oxygen atoms in total. The molecule has 0 fully saturated rings. The van der Waals surface area contributed by atoms with Crippen LogP contribution < -0.4 is 0 Å². The normalized spacial score (nSPS) is 18.4. The molecule has 1 rings (SSSR count). The van der Waals surface area contributed by atoms with E-state index in [1.165, 1.54) is 11.1 Å². The minimum absolute atomic E-state index is 0.00349. The van der Waals surface area contributed by atoms with Gasteiger partial charge in [0.1, 0.15) is 0 Å². The molecule has 4 heteroatoms. The molecule has 0 heterocycles. The summed E-state index contributed by atoms with van der Waals surface area (Å²) < 4.78 is 0. The Morgan fingerprint density at radius 3 is 1.97 bits per heavy atom. The van der Waals surface area contributed by atoms with Crippen molar-refractivity contribution in [3.05, 3.63) is 45.6 Å². The van der Waals surface area contributed by atoms with Gasteiger partial charge in [0.15, 0.2) is 11.6 Å². The van der Waals surface area contributed by atoms with E-state index < -0.39 is 10.5 Å². The van der Waals surface area contributed by atoms with E-state index in [0.717, 1.165) is 44.9 Å². The Balaban J connectivity index is 2.46. The summed E-state index contributed by atoms with van der Waals surface area (Å²) in [4.78, 5) is 24.6. The van der Waals surface area contributed by atoms with Crippen LogP contribution in [0.4, 0.5) is 0 Å². The summed E-state index contributed by atoms with van der Waals surface area (Å²) in [6.07, 6.45) is 12.5. The summed E-state index contributed by atoms with van der Waals surface area (Å²) in [7, 11) is 0. The van der Waals surface area contributed by atoms with Crippen LogP contribution in [0.15, 0.2) is 45.6 Å². The molecule has 1 aliphatic carbocycles. The molecule has 1 unspecified atom stereocenters. The average Bonchev–Trinajstić information content (AvgIpc) is 2.69. The summed E-state index contributed by atoms with van der Waals surface area (Å²) >= 11 is 6.77. The fourth-order valence-electron chi connectivity index (χ4n) is 4.14. The fraction of sp³-hybridized carbons (Fsp3) is 0.655. The van der Waals surface area contributed by atoms with Gasteiger partial charge in [-0.25, -0.2) is 0 Å². The van der Waals surface area contributed by atoms with Crippen molar-refractivity contribution in [2.24, 2.45) is 0 Å². The highest BCUT2D eigenvalue weighted by molar-refractivity contribution is 6.25. The molecular weight excluding hydrogens is 432 g/mol. The van der Waals surface area contributed by atoms with Crippen molar-refractivity contribution >= 4 is 23.2 Å². The first kappa shape index (κ1) is 29.6. The number of Topliss-reactive ketones (excluding diaryl/α,β-unsaturated/α-hetero) is 2. The first-order valence-electron chi connectivity index (χ1n) is 12.3. The maximum atomic E-state index is 12.6. The second kappa shape index (κ2) is 12.9. The Hall–Kier alpha value is -1.45. The highest BCUT2D eigenvalue weighted by atomic mass is 35.5. The summed E-state index contributed by atoms with van der Waals surface area (Å²) in [5.74, 6) is -0.0188. The number of carbonyl (C=O) groups is 2. The van der Waals surface area contributed by atoms with E-state index in [1.807, 2.05) is 20.8 Å². The number of allylic oxidation sites excluding steroid dienone is 8. The van der Waals surface area contributed by atoms with Crippen LogP contribution in [0.3, 0.4) is 0 Å². The zero-order valence-electron chi connectivity index (χ0n) is 22.2. The lowest BCUT2D eigenvalue weighted by Gasteiger charge is -2.24. The number of hydrogen-bond donors (Lipinski definition) is 1. The number of halogens is 1. The number of aliphatic hydroxyl groups is 1. The molecular formula is C29H45ClO3. The third kappa shape index (κ3) is 10.6. The van der Waals surface area contributed by atoms with Crippen molar-refractivity contribution in [2.75, 3.05) is 0 Å². The molecule has 0 aromatic carbocycles. The molecule has 0 saturated heterocycles. The summed E-state index contributed by atoms with van der Waals surface area (Å²) in [5.41, 5.74) is 4.52. The van der Waals surface area contributed by atoms with Gasteiger partial charge in [-0.05, 0) is 113 Å². The first-order chi connectivity index (χ1) is 15.1. The van der Waals surface area contributed by atoms with Gasteiger partial charge in [-0.2, -0.15) is 0 Å². The van der Waals surface area contributed by atoms with Crippen LogP contribution in [0.25, 0.3) is 0 Å². The summed E-state index contributed by atoms with van der Waals surface area (Å²) in [6, 6.07) is 0. The van der Waals surface area contributed by atoms with Gasteiger partial charge in [0.25, 0.3) is 0 Å².